The van der Waals surface area contributed by atoms with E-state index in [9.17, 15) is 5.11 Å². The number of aromatic nitrogens is 1. The lowest BCUT2D eigenvalue weighted by Gasteiger charge is -2.14. The highest BCUT2D eigenvalue weighted by Crippen LogP contribution is 2.25. The number of thioether (sulfide) groups is 1. The van der Waals surface area contributed by atoms with Crippen molar-refractivity contribution < 1.29 is 10.3 Å². The van der Waals surface area contributed by atoms with Crippen LogP contribution in [-0.4, -0.2) is 32.5 Å². The van der Waals surface area contributed by atoms with Gasteiger partial charge in [0.25, 0.3) is 0 Å². The van der Waals surface area contributed by atoms with Crippen LogP contribution in [0, 0.1) is 0 Å². The zero-order chi connectivity index (χ0) is 12.1. The second-order valence-electron chi connectivity index (χ2n) is 3.43. The van der Waals surface area contributed by atoms with Crippen LogP contribution in [0.15, 0.2) is 28.4 Å². The fourth-order valence-electron chi connectivity index (χ4n) is 0.989. The summed E-state index contributed by atoms with van der Waals surface area (Å²) in [6.45, 7) is 3.67. The van der Waals surface area contributed by atoms with Gasteiger partial charge >= 0.3 is 0 Å². The number of oxime groups is 1. The standard InChI is InChI=1S/C10H15N3O2S/c1-6(14)7(2)16-8-3-4-12-9(5-8)10(11)13-15/h3-7,14-15H,1-2H3,(H2,11,13). The van der Waals surface area contributed by atoms with E-state index in [0.717, 1.165) is 4.90 Å². The summed E-state index contributed by atoms with van der Waals surface area (Å²) >= 11 is 1.51. The molecule has 88 valence electrons. The zero-order valence-electron chi connectivity index (χ0n) is 9.16. The van der Waals surface area contributed by atoms with Gasteiger partial charge < -0.3 is 16.0 Å². The van der Waals surface area contributed by atoms with Crippen LogP contribution in [0.3, 0.4) is 0 Å². The Balaban J connectivity index is 2.83. The summed E-state index contributed by atoms with van der Waals surface area (Å²) in [5, 5.41) is 20.9. The molecule has 1 aromatic heterocycles. The van der Waals surface area contributed by atoms with E-state index in [0.29, 0.717) is 5.69 Å². The summed E-state index contributed by atoms with van der Waals surface area (Å²) in [6.07, 6.45) is 1.19. The molecule has 0 aliphatic rings. The Labute approximate surface area is 98.4 Å². The minimum Gasteiger partial charge on any atom is -0.409 e. The molecule has 1 heterocycles. The summed E-state index contributed by atoms with van der Waals surface area (Å²) in [6, 6.07) is 3.54. The number of nitrogens with zero attached hydrogens (tertiary/aromatic N) is 2. The van der Waals surface area contributed by atoms with Crippen LogP contribution < -0.4 is 5.73 Å². The van der Waals surface area contributed by atoms with Gasteiger partial charge in [0.15, 0.2) is 5.84 Å². The molecule has 0 radical (unpaired) electrons. The van der Waals surface area contributed by atoms with Gasteiger partial charge in [-0.3, -0.25) is 4.98 Å². The van der Waals surface area contributed by atoms with Gasteiger partial charge in [0, 0.05) is 16.3 Å². The Morgan fingerprint density at radius 3 is 2.81 bits per heavy atom. The number of aliphatic hydroxyl groups excluding tert-OH is 1. The summed E-state index contributed by atoms with van der Waals surface area (Å²) in [5.74, 6) is -0.0212. The number of hydrogen-bond acceptors (Lipinski definition) is 5. The average Bonchev–Trinajstić information content (AvgIpc) is 2.28. The molecule has 2 unspecified atom stereocenters. The van der Waals surface area contributed by atoms with Crippen LogP contribution >= 0.6 is 11.8 Å². The second-order valence-corrected chi connectivity index (χ2v) is 4.88. The normalized spacial score (nSPS) is 15.8. The van der Waals surface area contributed by atoms with Crippen LogP contribution in [0.25, 0.3) is 0 Å². The molecule has 0 aliphatic carbocycles. The largest absolute Gasteiger partial charge is 0.409 e. The van der Waals surface area contributed by atoms with Gasteiger partial charge in [-0.2, -0.15) is 0 Å². The van der Waals surface area contributed by atoms with E-state index in [1.54, 1.807) is 19.2 Å². The first kappa shape index (κ1) is 12.8. The van der Waals surface area contributed by atoms with Gasteiger partial charge in [-0.1, -0.05) is 12.1 Å². The van der Waals surface area contributed by atoms with Crippen molar-refractivity contribution in [3.05, 3.63) is 24.0 Å². The number of pyridine rings is 1. The predicted molar refractivity (Wildman–Crippen MR) is 63.7 cm³/mol. The van der Waals surface area contributed by atoms with Crippen LogP contribution in [0.4, 0.5) is 0 Å². The molecule has 0 bridgehead atoms. The highest BCUT2D eigenvalue weighted by Gasteiger charge is 2.11. The molecule has 0 aliphatic heterocycles. The van der Waals surface area contributed by atoms with E-state index in [4.69, 9.17) is 10.9 Å². The zero-order valence-corrected chi connectivity index (χ0v) is 9.98. The summed E-state index contributed by atoms with van der Waals surface area (Å²) in [4.78, 5) is 4.89. The Morgan fingerprint density at radius 1 is 1.56 bits per heavy atom. The predicted octanol–water partition coefficient (Wildman–Crippen LogP) is 1.04. The summed E-state index contributed by atoms with van der Waals surface area (Å²) in [5.41, 5.74) is 5.85. The monoisotopic (exact) mass is 241 g/mol. The highest BCUT2D eigenvalue weighted by molar-refractivity contribution is 8.00. The van der Waals surface area contributed by atoms with Crippen molar-refractivity contribution in [2.75, 3.05) is 0 Å². The topological polar surface area (TPSA) is 91.7 Å². The van der Waals surface area contributed by atoms with E-state index in [1.807, 2.05) is 13.0 Å². The van der Waals surface area contributed by atoms with Crippen molar-refractivity contribution in [3.8, 4) is 0 Å². The highest BCUT2D eigenvalue weighted by atomic mass is 32.2. The molecule has 1 rings (SSSR count). The van der Waals surface area contributed by atoms with Gasteiger partial charge in [0.2, 0.25) is 0 Å². The minimum absolute atomic E-state index is 0.0212. The van der Waals surface area contributed by atoms with Gasteiger partial charge in [-0.25, -0.2) is 0 Å². The first-order valence-corrected chi connectivity index (χ1v) is 5.71. The molecule has 0 amide bonds. The molecule has 6 heteroatoms. The fourth-order valence-corrected chi connectivity index (χ4v) is 1.93. The van der Waals surface area contributed by atoms with Crippen molar-refractivity contribution in [1.82, 2.24) is 4.98 Å². The molecule has 0 saturated carbocycles. The Bertz CT molecular complexity index is 382. The lowest BCUT2D eigenvalue weighted by Crippen LogP contribution is -2.16. The second kappa shape index (κ2) is 5.72. The molecule has 5 nitrogen and oxygen atoms in total. The van der Waals surface area contributed by atoms with E-state index in [1.165, 1.54) is 11.8 Å². The third-order valence-corrected chi connectivity index (χ3v) is 3.39. The quantitative estimate of drug-likeness (QED) is 0.241. The van der Waals surface area contributed by atoms with E-state index in [2.05, 4.69) is 10.1 Å². The van der Waals surface area contributed by atoms with Crippen molar-refractivity contribution >= 4 is 17.6 Å². The molecule has 16 heavy (non-hydrogen) atoms. The first-order chi connectivity index (χ1) is 7.54. The van der Waals surface area contributed by atoms with E-state index < -0.39 is 6.10 Å². The Morgan fingerprint density at radius 2 is 2.25 bits per heavy atom. The number of hydrogen-bond donors (Lipinski definition) is 3. The smallest absolute Gasteiger partial charge is 0.188 e. The molecule has 0 spiro atoms. The average molecular weight is 241 g/mol. The minimum atomic E-state index is -0.398. The van der Waals surface area contributed by atoms with Crippen molar-refractivity contribution in [2.45, 2.75) is 30.1 Å². The molecule has 4 N–H and O–H groups in total. The lowest BCUT2D eigenvalue weighted by atomic mass is 10.3. The number of rotatable bonds is 4. The molecule has 0 fully saturated rings. The van der Waals surface area contributed by atoms with E-state index in [-0.39, 0.29) is 11.1 Å². The molecule has 2 atom stereocenters. The molecular formula is C10H15N3O2S. The van der Waals surface area contributed by atoms with Gasteiger partial charge in [-0.05, 0) is 19.1 Å². The van der Waals surface area contributed by atoms with E-state index >= 15 is 0 Å². The lowest BCUT2D eigenvalue weighted by molar-refractivity contribution is 0.196. The van der Waals surface area contributed by atoms with Gasteiger partial charge in [0.05, 0.1) is 6.10 Å². The van der Waals surface area contributed by atoms with Crippen LogP contribution in [0.2, 0.25) is 0 Å². The number of nitrogens with two attached hydrogens (primary N) is 1. The SMILES string of the molecule is CC(O)C(C)Sc1ccnc(/C(N)=N/O)c1. The maximum atomic E-state index is 9.38. The third kappa shape index (κ3) is 3.39. The molecular weight excluding hydrogens is 226 g/mol. The van der Waals surface area contributed by atoms with Crippen LogP contribution in [0.5, 0.6) is 0 Å². The number of aliphatic hydroxyl groups is 1. The van der Waals surface area contributed by atoms with Gasteiger partial charge in [-0.15, -0.1) is 11.8 Å². The fraction of sp³-hybridized carbons (Fsp3) is 0.400. The maximum Gasteiger partial charge on any atom is 0.188 e. The third-order valence-electron chi connectivity index (χ3n) is 2.10. The van der Waals surface area contributed by atoms with Gasteiger partial charge in [0.1, 0.15) is 5.69 Å². The first-order valence-electron chi connectivity index (χ1n) is 4.83. The molecule has 0 saturated heterocycles. The molecule has 1 aromatic rings. The van der Waals surface area contributed by atoms with Crippen molar-refractivity contribution in [1.29, 1.82) is 0 Å². The number of amidine groups is 1. The molecule has 0 aromatic carbocycles. The van der Waals surface area contributed by atoms with Crippen LogP contribution in [0.1, 0.15) is 19.5 Å². The van der Waals surface area contributed by atoms with Crippen LogP contribution in [-0.2, 0) is 0 Å². The maximum absolute atomic E-state index is 9.38. The van der Waals surface area contributed by atoms with Crippen molar-refractivity contribution in [3.63, 3.8) is 0 Å². The summed E-state index contributed by atoms with van der Waals surface area (Å²) in [7, 11) is 0. The van der Waals surface area contributed by atoms with Crippen molar-refractivity contribution in [2.24, 2.45) is 10.9 Å². The Kier molecular flexibility index (Phi) is 4.57. The Hall–Kier alpha value is -1.27. The summed E-state index contributed by atoms with van der Waals surface area (Å²) < 4.78 is 0.